The van der Waals surface area contributed by atoms with Crippen LogP contribution in [0, 0.1) is 0 Å². The van der Waals surface area contributed by atoms with Crippen LogP contribution in [0.15, 0.2) is 48.5 Å². The summed E-state index contributed by atoms with van der Waals surface area (Å²) in [4.78, 5) is 23.8. The molecule has 2 amide bonds. The Balaban J connectivity index is 1.87. The van der Waals surface area contributed by atoms with Crippen molar-refractivity contribution in [3.63, 3.8) is 0 Å². The average molecular weight is 385 g/mol. The largest absolute Gasteiger partial charge is 0.489 e. The third-order valence-corrected chi connectivity index (χ3v) is 3.77. The first-order valence-corrected chi connectivity index (χ1v) is 9.35. The molecule has 3 N–H and O–H groups in total. The minimum Gasteiger partial charge on any atom is -0.489 e. The first-order chi connectivity index (χ1) is 13.6. The minimum absolute atomic E-state index is 0.0777. The van der Waals surface area contributed by atoms with E-state index in [0.717, 1.165) is 5.69 Å². The van der Waals surface area contributed by atoms with Crippen LogP contribution in [0.4, 0.5) is 17.1 Å². The van der Waals surface area contributed by atoms with Gasteiger partial charge >= 0.3 is 0 Å². The molecule has 0 atom stereocenters. The third-order valence-electron chi connectivity index (χ3n) is 3.77. The normalized spacial score (nSPS) is 10.2. The van der Waals surface area contributed by atoms with Gasteiger partial charge in [0.1, 0.15) is 12.4 Å². The van der Waals surface area contributed by atoms with Gasteiger partial charge in [0.15, 0.2) is 0 Å². The van der Waals surface area contributed by atoms with Crippen molar-refractivity contribution in [2.45, 2.75) is 20.3 Å². The molecule has 2 aromatic carbocycles. The predicted octanol–water partition coefficient (Wildman–Crippen LogP) is 3.50. The molecule has 0 aliphatic heterocycles. The number of hydrogen-bond acceptors (Lipinski definition) is 5. The van der Waals surface area contributed by atoms with Gasteiger partial charge in [-0.3, -0.25) is 9.59 Å². The van der Waals surface area contributed by atoms with E-state index in [1.54, 1.807) is 31.2 Å². The Morgan fingerprint density at radius 3 is 2.32 bits per heavy atom. The maximum Gasteiger partial charge on any atom is 0.243 e. The smallest absolute Gasteiger partial charge is 0.243 e. The van der Waals surface area contributed by atoms with Crippen molar-refractivity contribution in [2.75, 3.05) is 42.3 Å². The van der Waals surface area contributed by atoms with Crippen molar-refractivity contribution in [1.29, 1.82) is 0 Å². The van der Waals surface area contributed by atoms with E-state index in [-0.39, 0.29) is 18.4 Å². The summed E-state index contributed by atoms with van der Waals surface area (Å²) in [6.45, 7) is 5.39. The molecule has 0 radical (unpaired) electrons. The van der Waals surface area contributed by atoms with Gasteiger partial charge in [-0.15, -0.1) is 0 Å². The number of amides is 2. The van der Waals surface area contributed by atoms with Gasteiger partial charge in [0, 0.05) is 24.4 Å². The van der Waals surface area contributed by atoms with Crippen molar-refractivity contribution in [2.24, 2.45) is 0 Å². The molecule has 0 saturated carbocycles. The molecule has 2 rings (SSSR count). The van der Waals surface area contributed by atoms with Crippen LogP contribution in [0.2, 0.25) is 0 Å². The summed E-state index contributed by atoms with van der Waals surface area (Å²) in [6.07, 6.45) is 0.395. The van der Waals surface area contributed by atoms with Crippen molar-refractivity contribution in [3.8, 4) is 5.75 Å². The zero-order valence-electron chi connectivity index (χ0n) is 16.3. The summed E-state index contributed by atoms with van der Waals surface area (Å²) in [5.74, 6) is 0.383. The highest BCUT2D eigenvalue weighted by atomic mass is 16.5. The summed E-state index contributed by atoms with van der Waals surface area (Å²) in [6, 6.07) is 14.5. The first kappa shape index (κ1) is 21.2. The average Bonchev–Trinajstić information content (AvgIpc) is 2.70. The molecular weight excluding hydrogens is 358 g/mol. The van der Waals surface area contributed by atoms with Gasteiger partial charge in [0.2, 0.25) is 11.8 Å². The van der Waals surface area contributed by atoms with Gasteiger partial charge < -0.3 is 25.4 Å². The number of anilines is 3. The molecule has 0 fully saturated rings. The van der Waals surface area contributed by atoms with Gasteiger partial charge in [-0.2, -0.15) is 0 Å². The van der Waals surface area contributed by atoms with Gasteiger partial charge in [0.25, 0.3) is 0 Å². The fourth-order valence-corrected chi connectivity index (χ4v) is 2.40. The quantitative estimate of drug-likeness (QED) is 0.515. The SMILES string of the molecule is CCOCCOc1ccccc1NCC(=O)Nc1cccc(NC(=O)CC)c1. The summed E-state index contributed by atoms with van der Waals surface area (Å²) >= 11 is 0. The number of para-hydroxylation sites is 2. The lowest BCUT2D eigenvalue weighted by Gasteiger charge is -2.13. The highest BCUT2D eigenvalue weighted by Gasteiger charge is 2.07. The second kappa shape index (κ2) is 11.6. The van der Waals surface area contributed by atoms with Gasteiger partial charge in [-0.1, -0.05) is 25.1 Å². The second-order valence-corrected chi connectivity index (χ2v) is 5.93. The molecule has 0 saturated heterocycles. The van der Waals surface area contributed by atoms with E-state index >= 15 is 0 Å². The maximum atomic E-state index is 12.3. The molecule has 7 nitrogen and oxygen atoms in total. The lowest BCUT2D eigenvalue weighted by molar-refractivity contribution is -0.116. The van der Waals surface area contributed by atoms with Crippen LogP contribution in [0.5, 0.6) is 5.75 Å². The molecule has 0 spiro atoms. The van der Waals surface area contributed by atoms with Gasteiger partial charge in [-0.05, 0) is 37.3 Å². The van der Waals surface area contributed by atoms with Crippen LogP contribution < -0.4 is 20.7 Å². The number of benzene rings is 2. The number of carbonyl (C=O) groups is 2. The maximum absolute atomic E-state index is 12.3. The van der Waals surface area contributed by atoms with Gasteiger partial charge in [-0.25, -0.2) is 0 Å². The monoisotopic (exact) mass is 385 g/mol. The molecule has 0 bridgehead atoms. The lowest BCUT2D eigenvalue weighted by Crippen LogP contribution is -2.22. The Bertz CT molecular complexity index is 780. The molecule has 0 aliphatic carbocycles. The first-order valence-electron chi connectivity index (χ1n) is 9.35. The Labute approximate surface area is 165 Å². The number of carbonyl (C=O) groups excluding carboxylic acids is 2. The topological polar surface area (TPSA) is 88.7 Å². The van der Waals surface area contributed by atoms with Crippen LogP contribution in [0.1, 0.15) is 20.3 Å². The summed E-state index contributed by atoms with van der Waals surface area (Å²) in [5.41, 5.74) is 1.99. The predicted molar refractivity (Wildman–Crippen MR) is 111 cm³/mol. The van der Waals surface area contributed by atoms with Crippen molar-refractivity contribution in [3.05, 3.63) is 48.5 Å². The molecule has 2 aromatic rings. The van der Waals surface area contributed by atoms with Crippen molar-refractivity contribution in [1.82, 2.24) is 0 Å². The molecule has 150 valence electrons. The summed E-state index contributed by atoms with van der Waals surface area (Å²) in [5, 5.41) is 8.66. The summed E-state index contributed by atoms with van der Waals surface area (Å²) in [7, 11) is 0. The standard InChI is InChI=1S/C21H27N3O4/c1-3-20(25)23-16-8-7-9-17(14-16)24-21(26)15-22-18-10-5-6-11-19(18)28-13-12-27-4-2/h5-11,14,22H,3-4,12-13,15H2,1-2H3,(H,23,25)(H,24,26). The number of nitrogens with one attached hydrogen (secondary N) is 3. The highest BCUT2D eigenvalue weighted by molar-refractivity contribution is 5.95. The number of ether oxygens (including phenoxy) is 2. The van der Waals surface area contributed by atoms with E-state index in [0.29, 0.717) is 43.4 Å². The minimum atomic E-state index is -0.205. The van der Waals surface area contributed by atoms with Crippen molar-refractivity contribution < 1.29 is 19.1 Å². The zero-order valence-corrected chi connectivity index (χ0v) is 16.3. The molecule has 0 heterocycles. The Kier molecular flexibility index (Phi) is 8.81. The third kappa shape index (κ3) is 7.28. The Morgan fingerprint density at radius 2 is 1.61 bits per heavy atom. The van der Waals surface area contributed by atoms with Crippen molar-refractivity contribution >= 4 is 28.9 Å². The fraction of sp³-hybridized carbons (Fsp3) is 0.333. The Hall–Kier alpha value is -3.06. The van der Waals surface area contributed by atoms with Crippen LogP contribution in [-0.4, -0.2) is 38.2 Å². The van der Waals surface area contributed by atoms with E-state index in [9.17, 15) is 9.59 Å². The summed E-state index contributed by atoms with van der Waals surface area (Å²) < 4.78 is 11.0. The van der Waals surface area contributed by atoms with E-state index < -0.39 is 0 Å². The fourth-order valence-electron chi connectivity index (χ4n) is 2.40. The van der Waals surface area contributed by atoms with E-state index in [1.165, 1.54) is 0 Å². The number of rotatable bonds is 11. The van der Waals surface area contributed by atoms with Gasteiger partial charge in [0.05, 0.1) is 18.8 Å². The Morgan fingerprint density at radius 1 is 0.893 bits per heavy atom. The molecule has 28 heavy (non-hydrogen) atoms. The van der Waals surface area contributed by atoms with Crippen LogP contribution in [-0.2, 0) is 14.3 Å². The van der Waals surface area contributed by atoms with E-state index in [4.69, 9.17) is 9.47 Å². The van der Waals surface area contributed by atoms with Crippen LogP contribution in [0.3, 0.4) is 0 Å². The van der Waals surface area contributed by atoms with Crippen LogP contribution >= 0.6 is 0 Å². The molecule has 0 aromatic heterocycles. The highest BCUT2D eigenvalue weighted by Crippen LogP contribution is 2.23. The van der Waals surface area contributed by atoms with E-state index in [1.807, 2.05) is 31.2 Å². The lowest BCUT2D eigenvalue weighted by atomic mass is 10.2. The number of hydrogen-bond donors (Lipinski definition) is 3. The second-order valence-electron chi connectivity index (χ2n) is 5.93. The van der Waals surface area contributed by atoms with Crippen LogP contribution in [0.25, 0.3) is 0 Å². The van der Waals surface area contributed by atoms with E-state index in [2.05, 4.69) is 16.0 Å². The molecule has 0 unspecified atom stereocenters. The molecular formula is C21H27N3O4. The molecule has 0 aliphatic rings. The zero-order chi connectivity index (χ0) is 20.2. The molecule has 7 heteroatoms.